The minimum atomic E-state index is -0.322. The van der Waals surface area contributed by atoms with Gasteiger partial charge in [-0.05, 0) is 31.2 Å². The van der Waals surface area contributed by atoms with Crippen molar-refractivity contribution in [1.82, 2.24) is 15.6 Å². The van der Waals surface area contributed by atoms with Crippen molar-refractivity contribution >= 4 is 28.8 Å². The molecule has 0 bridgehead atoms. The maximum Gasteiger partial charge on any atom is 0.267 e. The van der Waals surface area contributed by atoms with Gasteiger partial charge in [-0.1, -0.05) is 36.4 Å². The highest BCUT2D eigenvalue weighted by Crippen LogP contribution is 2.20. The second-order valence-corrected chi connectivity index (χ2v) is 5.53. The van der Waals surface area contributed by atoms with Crippen molar-refractivity contribution in [3.8, 4) is 0 Å². The predicted octanol–water partition coefficient (Wildman–Crippen LogP) is 3.07. The fraction of sp³-hybridized carbons (Fsp3) is 0.100. The third-order valence-electron chi connectivity index (χ3n) is 3.79. The van der Waals surface area contributed by atoms with Crippen LogP contribution in [-0.4, -0.2) is 23.3 Å². The first-order valence-electron chi connectivity index (χ1n) is 8.11. The molecule has 25 heavy (non-hydrogen) atoms. The lowest BCUT2D eigenvalue weighted by molar-refractivity contribution is -0.117. The lowest BCUT2D eigenvalue weighted by Gasteiger charge is -2.10. The normalized spacial score (nSPS) is 11.3. The molecular weight excluding hydrogens is 314 g/mol. The average Bonchev–Trinajstić information content (AvgIpc) is 3.05. The number of aromatic nitrogens is 1. The number of nitrogens with one attached hydrogen (secondary N) is 3. The summed E-state index contributed by atoms with van der Waals surface area (Å²) in [4.78, 5) is 27.9. The number of likely N-dealkylation sites (N-methyl/N-ethyl adjacent to an activating group) is 1. The molecular formula is C20H19N3O2. The molecule has 0 aliphatic rings. The Morgan fingerprint density at radius 3 is 2.52 bits per heavy atom. The van der Waals surface area contributed by atoms with Gasteiger partial charge in [0.2, 0.25) is 0 Å². The maximum absolute atomic E-state index is 12.4. The van der Waals surface area contributed by atoms with Crippen LogP contribution in [0.1, 0.15) is 22.8 Å². The fourth-order valence-electron chi connectivity index (χ4n) is 2.57. The van der Waals surface area contributed by atoms with E-state index in [2.05, 4.69) is 15.6 Å². The summed E-state index contributed by atoms with van der Waals surface area (Å²) in [5, 5.41) is 6.43. The van der Waals surface area contributed by atoms with Crippen molar-refractivity contribution in [3.63, 3.8) is 0 Å². The quantitative estimate of drug-likeness (QED) is 0.628. The Morgan fingerprint density at radius 1 is 1.04 bits per heavy atom. The number of hydrogen-bond acceptors (Lipinski definition) is 2. The first-order chi connectivity index (χ1) is 12.2. The molecule has 5 heteroatoms. The Bertz CT molecular complexity index is 926. The standard InChI is InChI=1S/C20H19N3O2/c1-2-21-20(25)18(23-19(24)14-8-4-3-5-9-14)12-15-13-22-17-11-7-6-10-16(15)17/h3-13,22H,2H2,1H3,(H,21,25)(H,23,24)/b18-12-. The number of carbonyl (C=O) groups is 2. The van der Waals surface area contributed by atoms with Crippen LogP contribution >= 0.6 is 0 Å². The SMILES string of the molecule is CCNC(=O)/C(=C/c1c[nH]c2ccccc12)NC(=O)c1ccccc1. The topological polar surface area (TPSA) is 74.0 Å². The summed E-state index contributed by atoms with van der Waals surface area (Å²) in [6.45, 7) is 2.31. The van der Waals surface area contributed by atoms with E-state index in [1.807, 2.05) is 43.5 Å². The fourth-order valence-corrected chi connectivity index (χ4v) is 2.57. The van der Waals surface area contributed by atoms with Gasteiger partial charge in [-0.15, -0.1) is 0 Å². The largest absolute Gasteiger partial charge is 0.361 e. The lowest BCUT2D eigenvalue weighted by Crippen LogP contribution is -2.34. The van der Waals surface area contributed by atoms with Crippen LogP contribution in [0.4, 0.5) is 0 Å². The first-order valence-corrected chi connectivity index (χ1v) is 8.11. The molecule has 0 aliphatic heterocycles. The van der Waals surface area contributed by atoms with Crippen LogP contribution in [0.15, 0.2) is 66.5 Å². The van der Waals surface area contributed by atoms with E-state index >= 15 is 0 Å². The van der Waals surface area contributed by atoms with Gasteiger partial charge in [-0.25, -0.2) is 0 Å². The number of benzene rings is 2. The number of H-pyrrole nitrogens is 1. The number of aromatic amines is 1. The molecule has 0 saturated carbocycles. The van der Waals surface area contributed by atoms with E-state index in [0.29, 0.717) is 12.1 Å². The summed E-state index contributed by atoms with van der Waals surface area (Å²) >= 11 is 0. The Labute approximate surface area is 145 Å². The van der Waals surface area contributed by atoms with Crippen LogP contribution in [0.3, 0.4) is 0 Å². The Balaban J connectivity index is 1.94. The smallest absolute Gasteiger partial charge is 0.267 e. The predicted molar refractivity (Wildman–Crippen MR) is 98.9 cm³/mol. The molecule has 3 N–H and O–H groups in total. The molecule has 0 unspecified atom stereocenters. The van der Waals surface area contributed by atoms with E-state index < -0.39 is 0 Å². The molecule has 126 valence electrons. The van der Waals surface area contributed by atoms with Crippen LogP contribution < -0.4 is 10.6 Å². The number of hydrogen-bond donors (Lipinski definition) is 3. The summed E-state index contributed by atoms with van der Waals surface area (Å²) in [7, 11) is 0. The van der Waals surface area contributed by atoms with Crippen LogP contribution in [0.2, 0.25) is 0 Å². The van der Waals surface area contributed by atoms with Gasteiger partial charge in [0.25, 0.3) is 11.8 Å². The molecule has 1 aromatic heterocycles. The number of carbonyl (C=O) groups excluding carboxylic acids is 2. The van der Waals surface area contributed by atoms with E-state index in [1.54, 1.807) is 30.3 Å². The minimum absolute atomic E-state index is 0.209. The van der Waals surface area contributed by atoms with Gasteiger partial charge in [-0.2, -0.15) is 0 Å². The maximum atomic E-state index is 12.4. The van der Waals surface area contributed by atoms with Crippen molar-refractivity contribution in [1.29, 1.82) is 0 Å². The molecule has 2 aromatic carbocycles. The van der Waals surface area contributed by atoms with E-state index in [0.717, 1.165) is 16.5 Å². The van der Waals surface area contributed by atoms with Gasteiger partial charge >= 0.3 is 0 Å². The third-order valence-corrected chi connectivity index (χ3v) is 3.79. The molecule has 0 fully saturated rings. The molecule has 3 rings (SSSR count). The van der Waals surface area contributed by atoms with Gasteiger partial charge in [0.15, 0.2) is 0 Å². The second kappa shape index (κ2) is 7.49. The van der Waals surface area contributed by atoms with Crippen molar-refractivity contribution in [2.24, 2.45) is 0 Å². The van der Waals surface area contributed by atoms with Crippen molar-refractivity contribution in [2.45, 2.75) is 6.92 Å². The van der Waals surface area contributed by atoms with E-state index in [1.165, 1.54) is 0 Å². The molecule has 3 aromatic rings. The van der Waals surface area contributed by atoms with Gasteiger partial charge < -0.3 is 15.6 Å². The Hall–Kier alpha value is -3.34. The Kier molecular flexibility index (Phi) is 4.95. The molecule has 0 atom stereocenters. The summed E-state index contributed by atoms with van der Waals surface area (Å²) in [5.41, 5.74) is 2.51. The van der Waals surface area contributed by atoms with Crippen LogP contribution in [0, 0.1) is 0 Å². The van der Waals surface area contributed by atoms with Crippen molar-refractivity contribution in [2.75, 3.05) is 6.54 Å². The van der Waals surface area contributed by atoms with E-state index in [4.69, 9.17) is 0 Å². The molecule has 0 spiro atoms. The Morgan fingerprint density at radius 2 is 1.76 bits per heavy atom. The van der Waals surface area contributed by atoms with Gasteiger partial charge in [-0.3, -0.25) is 9.59 Å². The summed E-state index contributed by atoms with van der Waals surface area (Å²) in [6.07, 6.45) is 3.50. The summed E-state index contributed by atoms with van der Waals surface area (Å²) in [6, 6.07) is 16.6. The molecule has 2 amide bonds. The van der Waals surface area contributed by atoms with E-state index in [9.17, 15) is 9.59 Å². The third kappa shape index (κ3) is 3.77. The van der Waals surface area contributed by atoms with Crippen LogP contribution in [0.25, 0.3) is 17.0 Å². The molecule has 1 heterocycles. The van der Waals surface area contributed by atoms with Crippen molar-refractivity contribution in [3.05, 3.63) is 77.6 Å². The summed E-state index contributed by atoms with van der Waals surface area (Å²) in [5.74, 6) is -0.644. The molecule has 0 saturated heterocycles. The molecule has 5 nitrogen and oxygen atoms in total. The number of amides is 2. The average molecular weight is 333 g/mol. The zero-order valence-corrected chi connectivity index (χ0v) is 13.9. The van der Waals surface area contributed by atoms with Gasteiger partial charge in [0, 0.05) is 34.8 Å². The van der Waals surface area contributed by atoms with Crippen LogP contribution in [0.5, 0.6) is 0 Å². The number of fused-ring (bicyclic) bond motifs is 1. The zero-order chi connectivity index (χ0) is 17.6. The summed E-state index contributed by atoms with van der Waals surface area (Å²) < 4.78 is 0. The molecule has 0 aliphatic carbocycles. The second-order valence-electron chi connectivity index (χ2n) is 5.53. The minimum Gasteiger partial charge on any atom is -0.361 e. The van der Waals surface area contributed by atoms with Gasteiger partial charge in [0.1, 0.15) is 5.70 Å². The zero-order valence-electron chi connectivity index (χ0n) is 13.9. The highest BCUT2D eigenvalue weighted by molar-refractivity contribution is 6.06. The van der Waals surface area contributed by atoms with Crippen molar-refractivity contribution < 1.29 is 9.59 Å². The van der Waals surface area contributed by atoms with E-state index in [-0.39, 0.29) is 17.5 Å². The van der Waals surface area contributed by atoms with Gasteiger partial charge in [0.05, 0.1) is 0 Å². The van der Waals surface area contributed by atoms with Crippen LogP contribution in [-0.2, 0) is 4.79 Å². The molecule has 0 radical (unpaired) electrons. The monoisotopic (exact) mass is 333 g/mol. The highest BCUT2D eigenvalue weighted by Gasteiger charge is 2.14. The number of rotatable bonds is 5. The lowest BCUT2D eigenvalue weighted by atomic mass is 10.1. The first kappa shape index (κ1) is 16.5. The number of para-hydroxylation sites is 1. The highest BCUT2D eigenvalue weighted by atomic mass is 16.2.